The summed E-state index contributed by atoms with van der Waals surface area (Å²) < 4.78 is 1.73. The van der Waals surface area contributed by atoms with Gasteiger partial charge in [-0.05, 0) is 25.0 Å². The molecule has 0 aromatic carbocycles. The molecule has 2 aromatic rings. The molecule has 2 aromatic heterocycles. The predicted octanol–water partition coefficient (Wildman–Crippen LogP) is 1.84. The molecule has 0 spiro atoms. The Kier molecular flexibility index (Phi) is 3.10. The summed E-state index contributed by atoms with van der Waals surface area (Å²) in [6, 6.07) is 3.78. The summed E-state index contributed by atoms with van der Waals surface area (Å²) in [7, 11) is 3.85. The normalized spacial score (nSPS) is 16.3. The molecule has 5 heteroatoms. The minimum absolute atomic E-state index is 0.0788. The van der Waals surface area contributed by atoms with Crippen LogP contribution in [0.3, 0.4) is 0 Å². The molecule has 0 aliphatic heterocycles. The SMILES string of the molecule is CN(C)C=C1CCc2nn(-c3cccnc3)cc2C1=O. The van der Waals surface area contributed by atoms with E-state index in [2.05, 4.69) is 10.1 Å². The van der Waals surface area contributed by atoms with E-state index in [9.17, 15) is 4.79 Å². The first-order valence-electron chi connectivity index (χ1n) is 6.56. The molecule has 0 N–H and O–H groups in total. The van der Waals surface area contributed by atoms with Crippen molar-refractivity contribution in [3.05, 3.63) is 53.8 Å². The summed E-state index contributed by atoms with van der Waals surface area (Å²) in [5.41, 5.74) is 3.28. The fourth-order valence-electron chi connectivity index (χ4n) is 2.38. The molecule has 0 fully saturated rings. The first kappa shape index (κ1) is 12.6. The van der Waals surface area contributed by atoms with Crippen molar-refractivity contribution in [2.45, 2.75) is 12.8 Å². The third-order valence-corrected chi connectivity index (χ3v) is 3.28. The van der Waals surface area contributed by atoms with Gasteiger partial charge in [-0.15, -0.1) is 0 Å². The Morgan fingerprint density at radius 2 is 2.20 bits per heavy atom. The Bertz CT molecular complexity index is 670. The van der Waals surface area contributed by atoms with E-state index in [0.29, 0.717) is 5.56 Å². The minimum Gasteiger partial charge on any atom is -0.383 e. The van der Waals surface area contributed by atoms with Crippen molar-refractivity contribution in [1.82, 2.24) is 19.7 Å². The molecular weight excluding hydrogens is 252 g/mol. The number of ketones is 1. The Morgan fingerprint density at radius 3 is 2.90 bits per heavy atom. The molecule has 0 saturated carbocycles. The van der Waals surface area contributed by atoms with E-state index in [1.54, 1.807) is 23.3 Å². The number of hydrogen-bond donors (Lipinski definition) is 0. The molecule has 0 atom stereocenters. The molecule has 5 nitrogen and oxygen atoms in total. The fraction of sp³-hybridized carbons (Fsp3) is 0.267. The van der Waals surface area contributed by atoms with Crippen LogP contribution in [0.5, 0.6) is 0 Å². The summed E-state index contributed by atoms with van der Waals surface area (Å²) in [4.78, 5) is 18.4. The van der Waals surface area contributed by atoms with Crippen LogP contribution >= 0.6 is 0 Å². The van der Waals surface area contributed by atoms with Crippen molar-refractivity contribution in [2.24, 2.45) is 0 Å². The molecule has 1 aliphatic rings. The highest BCUT2D eigenvalue weighted by Gasteiger charge is 2.25. The van der Waals surface area contributed by atoms with E-state index in [1.165, 1.54) is 0 Å². The van der Waals surface area contributed by atoms with Gasteiger partial charge in [-0.1, -0.05) is 0 Å². The van der Waals surface area contributed by atoms with Gasteiger partial charge in [-0.25, -0.2) is 4.68 Å². The quantitative estimate of drug-likeness (QED) is 0.780. The van der Waals surface area contributed by atoms with E-state index < -0.39 is 0 Å². The van der Waals surface area contributed by atoms with Crippen LogP contribution in [0.4, 0.5) is 0 Å². The second-order valence-corrected chi connectivity index (χ2v) is 5.09. The fourth-order valence-corrected chi connectivity index (χ4v) is 2.38. The summed E-state index contributed by atoms with van der Waals surface area (Å²) in [5.74, 6) is 0.0788. The summed E-state index contributed by atoms with van der Waals surface area (Å²) >= 11 is 0. The zero-order valence-electron chi connectivity index (χ0n) is 11.6. The molecule has 0 unspecified atom stereocenters. The largest absolute Gasteiger partial charge is 0.383 e. The van der Waals surface area contributed by atoms with E-state index in [1.807, 2.05) is 37.3 Å². The standard InChI is InChI=1S/C15H16N4O/c1-18(2)9-11-5-6-14-13(15(11)20)10-19(17-14)12-4-3-7-16-8-12/h3-4,7-10H,5-6H2,1-2H3. The zero-order valence-corrected chi connectivity index (χ0v) is 11.6. The smallest absolute Gasteiger partial charge is 0.193 e. The number of pyridine rings is 1. The third-order valence-electron chi connectivity index (χ3n) is 3.28. The van der Waals surface area contributed by atoms with Crippen LogP contribution in [-0.4, -0.2) is 39.5 Å². The Morgan fingerprint density at radius 1 is 1.35 bits per heavy atom. The molecule has 0 amide bonds. The highest BCUT2D eigenvalue weighted by Crippen LogP contribution is 2.25. The predicted molar refractivity (Wildman–Crippen MR) is 75.8 cm³/mol. The van der Waals surface area contributed by atoms with E-state index in [0.717, 1.165) is 29.8 Å². The van der Waals surface area contributed by atoms with E-state index >= 15 is 0 Å². The van der Waals surface area contributed by atoms with Crippen LogP contribution in [0.25, 0.3) is 5.69 Å². The van der Waals surface area contributed by atoms with Crippen molar-refractivity contribution in [2.75, 3.05) is 14.1 Å². The molecular formula is C15H16N4O. The molecule has 0 radical (unpaired) electrons. The third kappa shape index (κ3) is 2.22. The lowest BCUT2D eigenvalue weighted by atomic mass is 9.92. The maximum absolute atomic E-state index is 12.4. The van der Waals surface area contributed by atoms with E-state index in [-0.39, 0.29) is 5.78 Å². The molecule has 0 bridgehead atoms. The topological polar surface area (TPSA) is 51.0 Å². The zero-order chi connectivity index (χ0) is 14.1. The number of aromatic nitrogens is 3. The number of nitrogens with zero attached hydrogens (tertiary/aromatic N) is 4. The Hall–Kier alpha value is -2.43. The lowest BCUT2D eigenvalue weighted by Gasteiger charge is -2.14. The van der Waals surface area contributed by atoms with Gasteiger partial charge in [-0.3, -0.25) is 9.78 Å². The van der Waals surface area contributed by atoms with Gasteiger partial charge in [0.25, 0.3) is 0 Å². The van der Waals surface area contributed by atoms with Crippen molar-refractivity contribution >= 4 is 5.78 Å². The van der Waals surface area contributed by atoms with Gasteiger partial charge in [0.15, 0.2) is 5.78 Å². The van der Waals surface area contributed by atoms with Gasteiger partial charge in [-0.2, -0.15) is 5.10 Å². The maximum Gasteiger partial charge on any atom is 0.193 e. The van der Waals surface area contributed by atoms with E-state index in [4.69, 9.17) is 0 Å². The van der Waals surface area contributed by atoms with Crippen molar-refractivity contribution < 1.29 is 4.79 Å². The van der Waals surface area contributed by atoms with Crippen LogP contribution < -0.4 is 0 Å². The highest BCUT2D eigenvalue weighted by molar-refractivity contribution is 6.10. The number of Topliss-reactive ketones (excluding diaryl/α,β-unsaturated/α-hetero) is 1. The van der Waals surface area contributed by atoms with Crippen LogP contribution in [0.15, 0.2) is 42.5 Å². The number of aryl methyl sites for hydroxylation is 1. The van der Waals surface area contributed by atoms with Gasteiger partial charge >= 0.3 is 0 Å². The van der Waals surface area contributed by atoms with Gasteiger partial charge in [0.05, 0.1) is 23.1 Å². The molecule has 1 aliphatic carbocycles. The number of fused-ring (bicyclic) bond motifs is 1. The number of hydrogen-bond acceptors (Lipinski definition) is 4. The summed E-state index contributed by atoms with van der Waals surface area (Å²) in [5, 5.41) is 4.50. The molecule has 0 saturated heterocycles. The second kappa shape index (κ2) is 4.92. The number of carbonyl (C=O) groups is 1. The van der Waals surface area contributed by atoms with Crippen LogP contribution in [0, 0.1) is 0 Å². The first-order chi connectivity index (χ1) is 9.65. The maximum atomic E-state index is 12.4. The molecule has 2 heterocycles. The lowest BCUT2D eigenvalue weighted by Crippen LogP contribution is -2.16. The van der Waals surface area contributed by atoms with Crippen LogP contribution in [0.1, 0.15) is 22.5 Å². The lowest BCUT2D eigenvalue weighted by molar-refractivity contribution is 0.102. The van der Waals surface area contributed by atoms with Crippen molar-refractivity contribution in [3.63, 3.8) is 0 Å². The average Bonchev–Trinajstić information content (AvgIpc) is 2.87. The number of carbonyl (C=O) groups excluding carboxylic acids is 1. The van der Waals surface area contributed by atoms with Crippen LogP contribution in [0.2, 0.25) is 0 Å². The summed E-state index contributed by atoms with van der Waals surface area (Å²) in [6.45, 7) is 0. The first-order valence-corrected chi connectivity index (χ1v) is 6.56. The molecule has 20 heavy (non-hydrogen) atoms. The van der Waals surface area contributed by atoms with Crippen LogP contribution in [-0.2, 0) is 6.42 Å². The van der Waals surface area contributed by atoms with Gasteiger partial charge in [0.1, 0.15) is 0 Å². The van der Waals surface area contributed by atoms with Gasteiger partial charge in [0.2, 0.25) is 0 Å². The minimum atomic E-state index is 0.0788. The van der Waals surface area contributed by atoms with Gasteiger partial charge < -0.3 is 4.90 Å². The summed E-state index contributed by atoms with van der Waals surface area (Å²) in [6.07, 6.45) is 8.70. The van der Waals surface area contributed by atoms with Crippen molar-refractivity contribution in [1.29, 1.82) is 0 Å². The second-order valence-electron chi connectivity index (χ2n) is 5.09. The number of rotatable bonds is 2. The Balaban J connectivity index is 1.99. The number of allylic oxidation sites excluding steroid dienone is 1. The molecule has 3 rings (SSSR count). The van der Waals surface area contributed by atoms with Gasteiger partial charge in [0, 0.05) is 38.3 Å². The van der Waals surface area contributed by atoms with Crippen molar-refractivity contribution in [3.8, 4) is 5.69 Å². The molecule has 102 valence electrons. The monoisotopic (exact) mass is 268 g/mol. The Labute approximate surface area is 117 Å². The average molecular weight is 268 g/mol. The highest BCUT2D eigenvalue weighted by atomic mass is 16.1.